The molecule has 1 rings (SSSR count). The molecular weight excluding hydrogens is 175 g/mol. The van der Waals surface area contributed by atoms with Gasteiger partial charge in [0.25, 0.3) is 0 Å². The van der Waals surface area contributed by atoms with Crippen LogP contribution in [0.3, 0.4) is 0 Å². The summed E-state index contributed by atoms with van der Waals surface area (Å²) in [4.78, 5) is 0. The van der Waals surface area contributed by atoms with E-state index in [1.54, 1.807) is 0 Å². The van der Waals surface area contributed by atoms with Crippen molar-refractivity contribution in [2.24, 2.45) is 0 Å². The molecule has 0 aliphatic rings. The van der Waals surface area contributed by atoms with Gasteiger partial charge in [0.2, 0.25) is 0 Å². The van der Waals surface area contributed by atoms with Gasteiger partial charge in [0, 0.05) is 4.47 Å². The molecule has 9 heavy (non-hydrogen) atoms. The van der Waals surface area contributed by atoms with Gasteiger partial charge in [-0.1, -0.05) is 28.1 Å². The SMILES string of the molecule is C[B-]c1cccc(Br)c1. The molecule has 0 aliphatic heterocycles. The predicted octanol–water partition coefficient (Wildman–Crippen LogP) is 1.83. The predicted molar refractivity (Wildman–Crippen MR) is 45.4 cm³/mol. The third kappa shape index (κ3) is 1.86. The van der Waals surface area contributed by atoms with Crippen LogP contribution < -0.4 is 5.46 Å². The number of halogens is 1. The Morgan fingerprint density at radius 1 is 1.44 bits per heavy atom. The van der Waals surface area contributed by atoms with Gasteiger partial charge in [-0.2, -0.15) is 0 Å². The first-order chi connectivity index (χ1) is 4.33. The Labute approximate surface area is 64.7 Å². The first kappa shape index (κ1) is 6.88. The number of benzene rings is 1. The molecule has 0 aromatic heterocycles. The molecule has 0 bridgehead atoms. The molecule has 46 valence electrons. The molecule has 0 N–H and O–H groups in total. The van der Waals surface area contributed by atoms with Gasteiger partial charge in [-0.05, 0) is 6.07 Å². The van der Waals surface area contributed by atoms with Gasteiger partial charge in [-0.25, -0.2) is 6.82 Å². The fourth-order valence-corrected chi connectivity index (χ4v) is 1.10. The Morgan fingerprint density at radius 2 is 2.22 bits per heavy atom. The van der Waals surface area contributed by atoms with Crippen LogP contribution in [0.4, 0.5) is 0 Å². The fourth-order valence-electron chi connectivity index (χ4n) is 0.686. The van der Waals surface area contributed by atoms with E-state index in [9.17, 15) is 0 Å². The molecule has 0 nitrogen and oxygen atoms in total. The topological polar surface area (TPSA) is 0 Å². The summed E-state index contributed by atoms with van der Waals surface area (Å²) >= 11 is 3.38. The Hall–Kier alpha value is -0.235. The monoisotopic (exact) mass is 181 g/mol. The lowest BCUT2D eigenvalue weighted by Crippen LogP contribution is -2.08. The van der Waals surface area contributed by atoms with Crippen LogP contribution in [-0.4, -0.2) is 7.28 Å². The van der Waals surface area contributed by atoms with E-state index >= 15 is 0 Å². The molecule has 0 heterocycles. The van der Waals surface area contributed by atoms with Crippen LogP contribution in [0.2, 0.25) is 6.82 Å². The van der Waals surface area contributed by atoms with E-state index in [1.165, 1.54) is 5.46 Å². The highest BCUT2D eigenvalue weighted by Gasteiger charge is 1.78. The quantitative estimate of drug-likeness (QED) is 0.581. The van der Waals surface area contributed by atoms with Crippen molar-refractivity contribution >= 4 is 28.7 Å². The summed E-state index contributed by atoms with van der Waals surface area (Å²) in [6, 6.07) is 8.21. The highest BCUT2D eigenvalue weighted by Crippen LogP contribution is 2.04. The van der Waals surface area contributed by atoms with Gasteiger partial charge < -0.3 is 7.28 Å². The average molecular weight is 182 g/mol. The molecule has 0 aliphatic carbocycles. The highest BCUT2D eigenvalue weighted by atomic mass is 79.9. The lowest BCUT2D eigenvalue weighted by molar-refractivity contribution is 1.70. The minimum atomic E-state index is 1.14. The first-order valence-corrected chi connectivity index (χ1v) is 3.67. The maximum Gasteiger partial charge on any atom is 0.0141 e. The molecule has 0 atom stereocenters. The molecule has 0 fully saturated rings. The highest BCUT2D eigenvalue weighted by molar-refractivity contribution is 9.10. The lowest BCUT2D eigenvalue weighted by Gasteiger charge is -2.07. The van der Waals surface area contributed by atoms with E-state index in [2.05, 4.69) is 35.3 Å². The van der Waals surface area contributed by atoms with Crippen molar-refractivity contribution in [2.75, 3.05) is 0 Å². The Balaban J connectivity index is 2.94. The van der Waals surface area contributed by atoms with Crippen molar-refractivity contribution in [1.29, 1.82) is 0 Å². The Kier molecular flexibility index (Phi) is 2.34. The van der Waals surface area contributed by atoms with Crippen molar-refractivity contribution in [3.8, 4) is 0 Å². The molecule has 0 spiro atoms. The van der Waals surface area contributed by atoms with Crippen molar-refractivity contribution in [1.82, 2.24) is 0 Å². The van der Waals surface area contributed by atoms with Gasteiger partial charge in [0.1, 0.15) is 0 Å². The zero-order valence-electron chi connectivity index (χ0n) is 5.26. The Bertz CT molecular complexity index is 198. The molecule has 2 radical (unpaired) electrons. The van der Waals surface area contributed by atoms with E-state index in [0.717, 1.165) is 4.47 Å². The summed E-state index contributed by atoms with van der Waals surface area (Å²) in [7, 11) is 2.07. The van der Waals surface area contributed by atoms with E-state index in [4.69, 9.17) is 0 Å². The van der Waals surface area contributed by atoms with E-state index in [1.807, 2.05) is 19.0 Å². The second-order valence-electron chi connectivity index (χ2n) is 1.84. The summed E-state index contributed by atoms with van der Waals surface area (Å²) in [5, 5.41) is 0. The van der Waals surface area contributed by atoms with Gasteiger partial charge in [-0.3, -0.25) is 5.46 Å². The van der Waals surface area contributed by atoms with Crippen LogP contribution >= 0.6 is 15.9 Å². The maximum absolute atomic E-state index is 3.38. The van der Waals surface area contributed by atoms with Crippen LogP contribution in [0.15, 0.2) is 28.7 Å². The zero-order chi connectivity index (χ0) is 6.69. The second kappa shape index (κ2) is 3.07. The third-order valence-electron chi connectivity index (χ3n) is 1.18. The average Bonchev–Trinajstić information content (AvgIpc) is 1.88. The molecule has 2 heteroatoms. The smallest absolute Gasteiger partial charge is 0.0141 e. The van der Waals surface area contributed by atoms with Crippen LogP contribution in [0.5, 0.6) is 0 Å². The van der Waals surface area contributed by atoms with Crippen LogP contribution in [0.25, 0.3) is 0 Å². The van der Waals surface area contributed by atoms with Gasteiger partial charge in [-0.15, -0.1) is 6.07 Å². The number of rotatable bonds is 1. The first-order valence-electron chi connectivity index (χ1n) is 2.88. The minimum Gasteiger partial charge on any atom is -0.301 e. The molecular formula is C7H7BBr-. The zero-order valence-corrected chi connectivity index (χ0v) is 6.85. The Morgan fingerprint density at radius 3 is 2.67 bits per heavy atom. The largest absolute Gasteiger partial charge is 0.301 e. The van der Waals surface area contributed by atoms with E-state index in [0.29, 0.717) is 0 Å². The fraction of sp³-hybridized carbons (Fsp3) is 0.143. The molecule has 1 aromatic rings. The number of hydrogen-bond donors (Lipinski definition) is 0. The van der Waals surface area contributed by atoms with Gasteiger partial charge in [0.05, 0.1) is 0 Å². The minimum absolute atomic E-state index is 1.14. The summed E-state index contributed by atoms with van der Waals surface area (Å²) < 4.78 is 1.14. The van der Waals surface area contributed by atoms with Crippen LogP contribution in [-0.2, 0) is 0 Å². The normalized spacial score (nSPS) is 9.56. The van der Waals surface area contributed by atoms with E-state index in [-0.39, 0.29) is 0 Å². The van der Waals surface area contributed by atoms with Crippen LogP contribution in [0, 0.1) is 0 Å². The third-order valence-corrected chi connectivity index (χ3v) is 1.68. The summed E-state index contributed by atoms with van der Waals surface area (Å²) in [5.41, 5.74) is 1.25. The van der Waals surface area contributed by atoms with Gasteiger partial charge >= 0.3 is 0 Å². The van der Waals surface area contributed by atoms with E-state index < -0.39 is 0 Å². The molecule has 0 amide bonds. The summed E-state index contributed by atoms with van der Waals surface area (Å²) in [5.74, 6) is 0. The van der Waals surface area contributed by atoms with Crippen molar-refractivity contribution in [2.45, 2.75) is 6.82 Å². The van der Waals surface area contributed by atoms with Crippen molar-refractivity contribution in [3.05, 3.63) is 28.7 Å². The maximum atomic E-state index is 3.38. The summed E-state index contributed by atoms with van der Waals surface area (Å²) in [6.07, 6.45) is 0. The standard InChI is InChI=1S/C7H7BBr/c1-8-6-3-2-4-7(9)5-6/h2-5H,1H3/q-1. The van der Waals surface area contributed by atoms with Gasteiger partial charge in [0.15, 0.2) is 0 Å². The molecule has 0 unspecified atom stereocenters. The lowest BCUT2D eigenvalue weighted by atomic mass is 9.74. The molecule has 1 aromatic carbocycles. The summed E-state index contributed by atoms with van der Waals surface area (Å²) in [6.45, 7) is 2.03. The van der Waals surface area contributed by atoms with Crippen LogP contribution in [0.1, 0.15) is 0 Å². The number of hydrogen-bond acceptors (Lipinski definition) is 0. The molecule has 0 saturated carbocycles. The second-order valence-corrected chi connectivity index (χ2v) is 2.76. The van der Waals surface area contributed by atoms with Crippen molar-refractivity contribution < 1.29 is 0 Å². The molecule has 0 saturated heterocycles. The van der Waals surface area contributed by atoms with Crippen molar-refractivity contribution in [3.63, 3.8) is 0 Å².